The Labute approximate surface area is 93.9 Å². The second-order valence-electron chi connectivity index (χ2n) is 3.92. The first-order valence-corrected chi connectivity index (χ1v) is 6.47. The Bertz CT molecular complexity index is 393. The highest BCUT2D eigenvalue weighted by Crippen LogP contribution is 2.44. The monoisotopic (exact) mass is 246 g/mol. The van der Waals surface area contributed by atoms with Crippen molar-refractivity contribution in [2.24, 2.45) is 0 Å². The van der Waals surface area contributed by atoms with E-state index < -0.39 is 19.5 Å². The first kappa shape index (κ1) is 13.2. The zero-order valence-electron chi connectivity index (χ0n) is 9.12. The summed E-state index contributed by atoms with van der Waals surface area (Å²) < 4.78 is 16.3. The standard InChI is InChI=1S/C10H15O5P/c1-8-3-5-9(6-4-8)15-16(13,14)7-10(2,11)12/h3-6,11-12H,7H2,1-2H3,(H,13,14). The van der Waals surface area contributed by atoms with E-state index in [0.717, 1.165) is 12.5 Å². The number of aliphatic hydroxyl groups is 2. The number of benzene rings is 1. The summed E-state index contributed by atoms with van der Waals surface area (Å²) in [6.07, 6.45) is -0.742. The Balaban J connectivity index is 2.73. The fourth-order valence-electron chi connectivity index (χ4n) is 1.17. The first-order valence-electron chi connectivity index (χ1n) is 4.71. The molecule has 16 heavy (non-hydrogen) atoms. The molecule has 0 saturated carbocycles. The molecule has 0 spiro atoms. The summed E-state index contributed by atoms with van der Waals surface area (Å²) in [6.45, 7) is 2.90. The van der Waals surface area contributed by atoms with Crippen LogP contribution in [-0.4, -0.2) is 27.1 Å². The van der Waals surface area contributed by atoms with Crippen molar-refractivity contribution in [2.45, 2.75) is 19.6 Å². The Morgan fingerprint density at radius 1 is 1.31 bits per heavy atom. The van der Waals surface area contributed by atoms with Gasteiger partial charge in [0.05, 0.1) is 0 Å². The van der Waals surface area contributed by atoms with E-state index in [1.54, 1.807) is 24.3 Å². The van der Waals surface area contributed by atoms with Gasteiger partial charge in [-0.25, -0.2) is 4.57 Å². The zero-order chi connectivity index (χ0) is 12.4. The van der Waals surface area contributed by atoms with Gasteiger partial charge in [-0.3, -0.25) is 0 Å². The fourth-order valence-corrected chi connectivity index (χ4v) is 2.45. The third-order valence-electron chi connectivity index (χ3n) is 1.77. The van der Waals surface area contributed by atoms with Crippen molar-refractivity contribution in [3.05, 3.63) is 29.8 Å². The molecule has 6 heteroatoms. The van der Waals surface area contributed by atoms with Crippen LogP contribution >= 0.6 is 7.60 Å². The van der Waals surface area contributed by atoms with Crippen LogP contribution in [-0.2, 0) is 4.57 Å². The summed E-state index contributed by atoms with van der Waals surface area (Å²) in [4.78, 5) is 9.39. The Kier molecular flexibility index (Phi) is 3.76. The average molecular weight is 246 g/mol. The summed E-state index contributed by atoms with van der Waals surface area (Å²) in [6, 6.07) is 6.55. The molecule has 0 fully saturated rings. The minimum atomic E-state index is -4.05. The number of aryl methyl sites for hydroxylation is 1. The maximum absolute atomic E-state index is 11.5. The van der Waals surface area contributed by atoms with Crippen LogP contribution in [0.2, 0.25) is 0 Å². The smallest absolute Gasteiger partial charge is 0.382 e. The van der Waals surface area contributed by atoms with Gasteiger partial charge in [0.15, 0.2) is 5.79 Å². The maximum Gasteiger partial charge on any atom is 0.382 e. The third kappa shape index (κ3) is 4.77. The highest BCUT2D eigenvalue weighted by atomic mass is 31.2. The molecule has 0 amide bonds. The molecule has 0 saturated heterocycles. The predicted molar refractivity (Wildman–Crippen MR) is 59.3 cm³/mol. The van der Waals surface area contributed by atoms with Crippen LogP contribution in [0.3, 0.4) is 0 Å². The van der Waals surface area contributed by atoms with Crippen molar-refractivity contribution in [1.82, 2.24) is 0 Å². The van der Waals surface area contributed by atoms with Gasteiger partial charge in [-0.2, -0.15) is 0 Å². The van der Waals surface area contributed by atoms with Crippen molar-refractivity contribution in [3.8, 4) is 5.75 Å². The van der Waals surface area contributed by atoms with Crippen LogP contribution < -0.4 is 4.52 Å². The molecular formula is C10H15O5P. The maximum atomic E-state index is 11.5. The third-order valence-corrected chi connectivity index (χ3v) is 3.26. The van der Waals surface area contributed by atoms with Gasteiger partial charge in [-0.15, -0.1) is 0 Å². The highest BCUT2D eigenvalue weighted by molar-refractivity contribution is 7.53. The van der Waals surface area contributed by atoms with E-state index in [-0.39, 0.29) is 5.75 Å². The van der Waals surface area contributed by atoms with Crippen LogP contribution in [0, 0.1) is 6.92 Å². The van der Waals surface area contributed by atoms with Crippen LogP contribution in [0.4, 0.5) is 0 Å². The molecule has 0 bridgehead atoms. The Hall–Kier alpha value is -0.870. The van der Waals surface area contributed by atoms with Gasteiger partial charge in [-0.05, 0) is 26.0 Å². The van der Waals surface area contributed by atoms with Crippen molar-refractivity contribution in [3.63, 3.8) is 0 Å². The molecule has 1 aromatic rings. The summed E-state index contributed by atoms with van der Waals surface area (Å²) in [5, 5.41) is 18.0. The van der Waals surface area contributed by atoms with Crippen LogP contribution in [0.5, 0.6) is 5.75 Å². The number of hydrogen-bond acceptors (Lipinski definition) is 4. The van der Waals surface area contributed by atoms with E-state index in [1.165, 1.54) is 0 Å². The van der Waals surface area contributed by atoms with Gasteiger partial charge in [0.25, 0.3) is 0 Å². The molecule has 0 aliphatic carbocycles. The topological polar surface area (TPSA) is 87.0 Å². The van der Waals surface area contributed by atoms with Crippen molar-refractivity contribution in [1.29, 1.82) is 0 Å². The van der Waals surface area contributed by atoms with Crippen LogP contribution in [0.15, 0.2) is 24.3 Å². The largest absolute Gasteiger partial charge is 0.424 e. The van der Waals surface area contributed by atoms with E-state index in [4.69, 9.17) is 14.7 Å². The average Bonchev–Trinajstić information content (AvgIpc) is 2.04. The lowest BCUT2D eigenvalue weighted by molar-refractivity contribution is -0.126. The second-order valence-corrected chi connectivity index (χ2v) is 5.69. The zero-order valence-corrected chi connectivity index (χ0v) is 10.0. The lowest BCUT2D eigenvalue weighted by Gasteiger charge is -2.20. The SMILES string of the molecule is Cc1ccc(OP(=O)(O)CC(C)(O)O)cc1. The van der Waals surface area contributed by atoms with Crippen LogP contribution in [0.1, 0.15) is 12.5 Å². The van der Waals surface area contributed by atoms with Gasteiger partial charge in [-0.1, -0.05) is 17.7 Å². The van der Waals surface area contributed by atoms with E-state index in [1.807, 2.05) is 6.92 Å². The van der Waals surface area contributed by atoms with Gasteiger partial charge in [0, 0.05) is 0 Å². The molecule has 0 aromatic heterocycles. The Morgan fingerprint density at radius 2 is 1.81 bits per heavy atom. The van der Waals surface area contributed by atoms with Gasteiger partial charge in [0.2, 0.25) is 0 Å². The molecule has 5 nitrogen and oxygen atoms in total. The lowest BCUT2D eigenvalue weighted by Crippen LogP contribution is -2.28. The molecule has 0 aliphatic rings. The quantitative estimate of drug-likeness (QED) is 0.550. The van der Waals surface area contributed by atoms with Crippen LogP contribution in [0.25, 0.3) is 0 Å². The van der Waals surface area contributed by atoms with Gasteiger partial charge >= 0.3 is 7.60 Å². The molecule has 0 aliphatic heterocycles. The van der Waals surface area contributed by atoms with E-state index in [0.29, 0.717) is 0 Å². The summed E-state index contributed by atoms with van der Waals surface area (Å²) in [5.74, 6) is -2.00. The van der Waals surface area contributed by atoms with E-state index in [9.17, 15) is 9.46 Å². The van der Waals surface area contributed by atoms with Crippen molar-refractivity contribution >= 4 is 7.60 Å². The van der Waals surface area contributed by atoms with E-state index >= 15 is 0 Å². The number of rotatable bonds is 4. The fraction of sp³-hybridized carbons (Fsp3) is 0.400. The Morgan fingerprint density at radius 3 is 2.25 bits per heavy atom. The molecule has 0 radical (unpaired) electrons. The summed E-state index contributed by atoms with van der Waals surface area (Å²) in [5.41, 5.74) is 0.995. The molecule has 1 unspecified atom stereocenters. The second kappa shape index (κ2) is 4.55. The highest BCUT2D eigenvalue weighted by Gasteiger charge is 2.32. The molecule has 1 aromatic carbocycles. The normalized spacial score (nSPS) is 15.6. The molecular weight excluding hydrogens is 231 g/mol. The molecule has 1 rings (SSSR count). The molecule has 1 atom stereocenters. The number of hydrogen-bond donors (Lipinski definition) is 3. The van der Waals surface area contributed by atoms with E-state index in [2.05, 4.69) is 0 Å². The lowest BCUT2D eigenvalue weighted by atomic mass is 10.2. The summed E-state index contributed by atoms with van der Waals surface area (Å²) >= 11 is 0. The predicted octanol–water partition coefficient (Wildman–Crippen LogP) is 1.26. The van der Waals surface area contributed by atoms with Crippen molar-refractivity contribution in [2.75, 3.05) is 6.16 Å². The molecule has 0 heterocycles. The summed E-state index contributed by atoms with van der Waals surface area (Å²) in [7, 11) is -4.05. The first-order chi connectivity index (χ1) is 7.18. The van der Waals surface area contributed by atoms with Crippen molar-refractivity contribution < 1.29 is 24.2 Å². The minimum absolute atomic E-state index is 0.223. The minimum Gasteiger partial charge on any atom is -0.424 e. The molecule has 90 valence electrons. The molecule has 3 N–H and O–H groups in total. The van der Waals surface area contributed by atoms with Gasteiger partial charge < -0.3 is 19.6 Å². The van der Waals surface area contributed by atoms with Gasteiger partial charge in [0.1, 0.15) is 11.9 Å².